The molecule has 0 radical (unpaired) electrons. The second-order valence-corrected chi connectivity index (χ2v) is 4.44. The van der Waals surface area contributed by atoms with Crippen molar-refractivity contribution >= 4 is 22.9 Å². The van der Waals surface area contributed by atoms with Gasteiger partial charge in [-0.05, 0) is 12.1 Å². The Kier molecular flexibility index (Phi) is 3.51. The number of benzene rings is 1. The summed E-state index contributed by atoms with van der Waals surface area (Å²) < 4.78 is 26.1. The smallest absolute Gasteiger partial charge is 0.136 e. The highest BCUT2D eigenvalue weighted by Gasteiger charge is 2.10. The molecule has 1 aromatic carbocycles. The predicted molar refractivity (Wildman–Crippen MR) is 61.9 cm³/mol. The molecule has 0 unspecified atom stereocenters. The Bertz CT molecular complexity index is 498. The molecule has 0 fully saturated rings. The van der Waals surface area contributed by atoms with E-state index >= 15 is 0 Å². The van der Waals surface area contributed by atoms with Crippen LogP contribution in [0.1, 0.15) is 5.69 Å². The van der Waals surface area contributed by atoms with Gasteiger partial charge in [0.1, 0.15) is 16.6 Å². The Labute approximate surface area is 101 Å². The van der Waals surface area contributed by atoms with Gasteiger partial charge in [-0.3, -0.25) is 0 Å². The topological polar surface area (TPSA) is 12.9 Å². The average Bonchev–Trinajstić information content (AvgIpc) is 2.67. The first-order valence-electron chi connectivity index (χ1n) is 4.66. The first kappa shape index (κ1) is 11.5. The fourth-order valence-electron chi connectivity index (χ4n) is 1.31. The minimum Gasteiger partial charge on any atom is -0.241 e. The molecule has 0 spiro atoms. The van der Waals surface area contributed by atoms with E-state index in [1.54, 1.807) is 0 Å². The van der Waals surface area contributed by atoms with E-state index in [0.29, 0.717) is 22.9 Å². The molecule has 0 saturated heterocycles. The highest BCUT2D eigenvalue weighted by Crippen LogP contribution is 2.26. The van der Waals surface area contributed by atoms with Crippen molar-refractivity contribution in [2.24, 2.45) is 0 Å². The van der Waals surface area contributed by atoms with Gasteiger partial charge in [-0.2, -0.15) is 0 Å². The van der Waals surface area contributed by atoms with Crippen molar-refractivity contribution in [3.8, 4) is 10.6 Å². The van der Waals surface area contributed by atoms with Crippen molar-refractivity contribution in [1.29, 1.82) is 0 Å². The monoisotopic (exact) mass is 259 g/mol. The number of hydrogen-bond donors (Lipinski definition) is 0. The van der Waals surface area contributed by atoms with E-state index in [9.17, 15) is 8.78 Å². The number of aryl methyl sites for hydroxylation is 1. The minimum absolute atomic E-state index is 0.326. The summed E-state index contributed by atoms with van der Waals surface area (Å²) in [5.74, 6) is -0.694. The van der Waals surface area contributed by atoms with Gasteiger partial charge in [-0.25, -0.2) is 13.8 Å². The number of aromatic nitrogens is 1. The van der Waals surface area contributed by atoms with Crippen LogP contribution in [0.5, 0.6) is 0 Å². The van der Waals surface area contributed by atoms with Gasteiger partial charge >= 0.3 is 0 Å². The van der Waals surface area contributed by atoms with Crippen LogP contribution in [0.25, 0.3) is 10.6 Å². The zero-order valence-corrected chi connectivity index (χ0v) is 9.79. The molecule has 0 saturated carbocycles. The molecular formula is C11H8ClF2NS. The third kappa shape index (κ3) is 2.39. The molecule has 0 amide bonds. The Morgan fingerprint density at radius 2 is 2.12 bits per heavy atom. The van der Waals surface area contributed by atoms with E-state index in [1.807, 2.05) is 5.38 Å². The second kappa shape index (κ2) is 4.89. The summed E-state index contributed by atoms with van der Waals surface area (Å²) in [7, 11) is 0. The van der Waals surface area contributed by atoms with Gasteiger partial charge in [-0.15, -0.1) is 22.9 Å². The molecule has 5 heteroatoms. The Balaban J connectivity index is 2.35. The lowest BCUT2D eigenvalue weighted by atomic mass is 10.2. The number of alkyl halides is 1. The van der Waals surface area contributed by atoms with Crippen molar-refractivity contribution in [2.75, 3.05) is 5.88 Å². The molecule has 1 heterocycles. The lowest BCUT2D eigenvalue weighted by Crippen LogP contribution is -1.88. The van der Waals surface area contributed by atoms with Crippen LogP contribution in [0.15, 0.2) is 23.6 Å². The summed E-state index contributed by atoms with van der Waals surface area (Å²) in [5, 5.41) is 2.39. The summed E-state index contributed by atoms with van der Waals surface area (Å²) in [5.41, 5.74) is 1.16. The Hall–Kier alpha value is -1.00. The third-order valence-electron chi connectivity index (χ3n) is 2.06. The molecule has 0 aliphatic carbocycles. The van der Waals surface area contributed by atoms with Gasteiger partial charge in [0.05, 0.1) is 5.69 Å². The van der Waals surface area contributed by atoms with Crippen molar-refractivity contribution in [3.63, 3.8) is 0 Å². The number of rotatable bonds is 3. The number of hydrogen-bond acceptors (Lipinski definition) is 2. The van der Waals surface area contributed by atoms with Gasteiger partial charge < -0.3 is 0 Å². The molecule has 0 aliphatic heterocycles. The molecule has 2 aromatic rings. The number of nitrogens with zero attached hydrogens (tertiary/aromatic N) is 1. The molecule has 1 nitrogen and oxygen atoms in total. The van der Waals surface area contributed by atoms with Crippen LogP contribution in [0.2, 0.25) is 0 Å². The van der Waals surface area contributed by atoms with E-state index < -0.39 is 11.6 Å². The lowest BCUT2D eigenvalue weighted by molar-refractivity contribution is 0.585. The second-order valence-electron chi connectivity index (χ2n) is 3.21. The van der Waals surface area contributed by atoms with Crippen LogP contribution in [0.3, 0.4) is 0 Å². The molecule has 0 bridgehead atoms. The highest BCUT2D eigenvalue weighted by atomic mass is 35.5. The third-order valence-corrected chi connectivity index (χ3v) is 3.18. The van der Waals surface area contributed by atoms with Crippen LogP contribution in [0, 0.1) is 11.6 Å². The predicted octanol–water partition coefficient (Wildman–Crippen LogP) is 3.87. The van der Waals surface area contributed by atoms with Crippen LogP contribution < -0.4 is 0 Å². The molecule has 0 aliphatic rings. The first-order chi connectivity index (χ1) is 7.70. The summed E-state index contributed by atoms with van der Waals surface area (Å²) >= 11 is 6.91. The van der Waals surface area contributed by atoms with Crippen molar-refractivity contribution in [3.05, 3.63) is 40.9 Å². The maximum Gasteiger partial charge on any atom is 0.136 e. The summed E-state index contributed by atoms with van der Waals surface area (Å²) in [6.07, 6.45) is 0.654. The number of thiazole rings is 1. The van der Waals surface area contributed by atoms with E-state index in [4.69, 9.17) is 11.6 Å². The van der Waals surface area contributed by atoms with Gasteiger partial charge in [0.15, 0.2) is 0 Å². The van der Waals surface area contributed by atoms with Gasteiger partial charge in [-0.1, -0.05) is 0 Å². The fourth-order valence-corrected chi connectivity index (χ4v) is 2.38. The normalized spacial score (nSPS) is 10.7. The van der Waals surface area contributed by atoms with Gasteiger partial charge in [0, 0.05) is 29.3 Å². The molecular weight excluding hydrogens is 252 g/mol. The standard InChI is InChI=1S/C11H8ClF2NS/c12-4-3-8-6-16-11(15-8)9-2-1-7(13)5-10(9)14/h1-2,5-6H,3-4H2. The Morgan fingerprint density at radius 1 is 1.31 bits per heavy atom. The zero-order valence-electron chi connectivity index (χ0n) is 8.21. The van der Waals surface area contributed by atoms with E-state index in [0.717, 1.165) is 11.8 Å². The molecule has 84 valence electrons. The van der Waals surface area contributed by atoms with Crippen molar-refractivity contribution in [2.45, 2.75) is 6.42 Å². The molecule has 0 atom stereocenters. The summed E-state index contributed by atoms with van der Waals surface area (Å²) in [4.78, 5) is 4.23. The lowest BCUT2D eigenvalue weighted by Gasteiger charge is -1.98. The average molecular weight is 260 g/mol. The number of halogens is 3. The van der Waals surface area contributed by atoms with Crippen molar-refractivity contribution in [1.82, 2.24) is 4.98 Å². The summed E-state index contributed by atoms with van der Waals surface area (Å²) in [6.45, 7) is 0. The highest BCUT2D eigenvalue weighted by molar-refractivity contribution is 7.13. The van der Waals surface area contributed by atoms with Gasteiger partial charge in [0.2, 0.25) is 0 Å². The zero-order chi connectivity index (χ0) is 11.5. The fraction of sp³-hybridized carbons (Fsp3) is 0.182. The SMILES string of the molecule is Fc1ccc(-c2nc(CCCl)cs2)c(F)c1. The molecule has 0 N–H and O–H groups in total. The van der Waals surface area contributed by atoms with E-state index in [1.165, 1.54) is 23.5 Å². The van der Waals surface area contributed by atoms with E-state index in [-0.39, 0.29) is 0 Å². The maximum absolute atomic E-state index is 13.4. The van der Waals surface area contributed by atoms with Crippen LogP contribution >= 0.6 is 22.9 Å². The first-order valence-corrected chi connectivity index (χ1v) is 6.08. The minimum atomic E-state index is -0.591. The van der Waals surface area contributed by atoms with E-state index in [2.05, 4.69) is 4.98 Å². The van der Waals surface area contributed by atoms with Crippen LogP contribution in [-0.2, 0) is 6.42 Å². The quantitative estimate of drug-likeness (QED) is 0.763. The molecule has 2 rings (SSSR count). The molecule has 1 aromatic heterocycles. The Morgan fingerprint density at radius 3 is 2.81 bits per heavy atom. The van der Waals surface area contributed by atoms with Crippen molar-refractivity contribution < 1.29 is 8.78 Å². The van der Waals surface area contributed by atoms with Gasteiger partial charge in [0.25, 0.3) is 0 Å². The van der Waals surface area contributed by atoms with Crippen LogP contribution in [0.4, 0.5) is 8.78 Å². The largest absolute Gasteiger partial charge is 0.241 e. The summed E-state index contributed by atoms with van der Waals surface area (Å²) in [6, 6.07) is 3.48. The van der Waals surface area contributed by atoms with Crippen LogP contribution in [-0.4, -0.2) is 10.9 Å². The maximum atomic E-state index is 13.4. The molecule has 16 heavy (non-hydrogen) atoms.